The van der Waals surface area contributed by atoms with Crippen LogP contribution in [-0.4, -0.2) is 24.8 Å². The molecule has 0 unspecified atom stereocenters. The number of amides is 1. The summed E-state index contributed by atoms with van der Waals surface area (Å²) in [4.78, 5) is 16.5. The third-order valence-electron chi connectivity index (χ3n) is 3.41. The number of hydrogen-bond acceptors (Lipinski definition) is 4. The van der Waals surface area contributed by atoms with Crippen LogP contribution in [0.15, 0.2) is 24.4 Å². The van der Waals surface area contributed by atoms with E-state index in [1.54, 1.807) is 19.4 Å². The van der Waals surface area contributed by atoms with E-state index in [1.807, 2.05) is 32.9 Å². The number of carbonyl (C=O) groups excluding carboxylic acids is 1. The molecule has 0 spiro atoms. The number of rotatable bonds is 5. The summed E-state index contributed by atoms with van der Waals surface area (Å²) < 4.78 is 10.4. The van der Waals surface area contributed by atoms with Crippen LogP contribution in [0.2, 0.25) is 5.15 Å². The Hall–Kier alpha value is -2.11. The van der Waals surface area contributed by atoms with Crippen LogP contribution >= 0.6 is 11.6 Å². The third kappa shape index (κ3) is 4.00. The van der Waals surface area contributed by atoms with E-state index in [4.69, 9.17) is 21.1 Å². The van der Waals surface area contributed by atoms with Crippen molar-refractivity contribution < 1.29 is 14.3 Å². The zero-order valence-electron chi connectivity index (χ0n) is 13.6. The van der Waals surface area contributed by atoms with Gasteiger partial charge >= 0.3 is 0 Å². The lowest BCUT2D eigenvalue weighted by atomic mass is 10.1. The van der Waals surface area contributed by atoms with Gasteiger partial charge in [0.15, 0.2) is 6.79 Å². The van der Waals surface area contributed by atoms with Crippen molar-refractivity contribution in [3.63, 3.8) is 0 Å². The lowest BCUT2D eigenvalue weighted by Crippen LogP contribution is -2.15. The maximum atomic E-state index is 12.5. The van der Waals surface area contributed by atoms with E-state index in [1.165, 1.54) is 0 Å². The van der Waals surface area contributed by atoms with E-state index in [-0.39, 0.29) is 17.9 Å². The number of benzene rings is 1. The molecule has 0 aliphatic carbocycles. The van der Waals surface area contributed by atoms with Crippen LogP contribution in [0.3, 0.4) is 0 Å². The maximum Gasteiger partial charge on any atom is 0.258 e. The number of methoxy groups -OCH3 is 1. The molecule has 122 valence electrons. The Labute approximate surface area is 140 Å². The van der Waals surface area contributed by atoms with Gasteiger partial charge in [-0.25, -0.2) is 4.98 Å². The van der Waals surface area contributed by atoms with Crippen LogP contribution in [0.25, 0.3) is 0 Å². The molecule has 1 aromatic carbocycles. The number of aryl methyl sites for hydroxylation is 2. The monoisotopic (exact) mass is 334 g/mol. The third-order valence-corrected chi connectivity index (χ3v) is 3.72. The van der Waals surface area contributed by atoms with Crippen LogP contribution in [0.4, 0.5) is 5.69 Å². The maximum absolute atomic E-state index is 12.5. The normalized spacial score (nSPS) is 10.5. The molecule has 0 aliphatic rings. The molecule has 1 N–H and O–H groups in total. The molecule has 23 heavy (non-hydrogen) atoms. The molecule has 0 bridgehead atoms. The van der Waals surface area contributed by atoms with E-state index < -0.39 is 0 Å². The number of hydrogen-bond donors (Lipinski definition) is 1. The topological polar surface area (TPSA) is 60.5 Å². The Balaban J connectivity index is 2.32. The van der Waals surface area contributed by atoms with E-state index in [0.29, 0.717) is 17.0 Å². The fraction of sp³-hybridized carbons (Fsp3) is 0.294. The SMILES string of the molecule is COCOc1ccc(C)c(NC(=O)c2cc(C)cnc2Cl)c1C. The number of anilines is 1. The number of pyridine rings is 1. The number of nitrogens with one attached hydrogen (secondary N) is 1. The predicted molar refractivity (Wildman–Crippen MR) is 90.4 cm³/mol. The van der Waals surface area contributed by atoms with Crippen molar-refractivity contribution in [2.24, 2.45) is 0 Å². The largest absolute Gasteiger partial charge is 0.467 e. The summed E-state index contributed by atoms with van der Waals surface area (Å²) in [6.07, 6.45) is 1.62. The van der Waals surface area contributed by atoms with Crippen LogP contribution < -0.4 is 10.1 Å². The molecule has 1 aromatic heterocycles. The second-order valence-corrected chi connectivity index (χ2v) is 5.59. The number of carbonyl (C=O) groups is 1. The van der Waals surface area contributed by atoms with Gasteiger partial charge in [-0.3, -0.25) is 4.79 Å². The molecule has 0 saturated carbocycles. The number of aromatic nitrogens is 1. The van der Waals surface area contributed by atoms with Gasteiger partial charge in [-0.1, -0.05) is 17.7 Å². The first-order chi connectivity index (χ1) is 10.9. The van der Waals surface area contributed by atoms with E-state index in [9.17, 15) is 4.79 Å². The highest BCUT2D eigenvalue weighted by atomic mass is 35.5. The van der Waals surface area contributed by atoms with Crippen molar-refractivity contribution in [2.75, 3.05) is 19.2 Å². The van der Waals surface area contributed by atoms with Crippen LogP contribution in [0.5, 0.6) is 5.75 Å². The minimum atomic E-state index is -0.304. The highest BCUT2D eigenvalue weighted by Gasteiger charge is 2.16. The van der Waals surface area contributed by atoms with Crippen molar-refractivity contribution >= 4 is 23.2 Å². The second-order valence-electron chi connectivity index (χ2n) is 5.24. The van der Waals surface area contributed by atoms with Gasteiger partial charge in [0.25, 0.3) is 5.91 Å². The van der Waals surface area contributed by atoms with Crippen LogP contribution in [-0.2, 0) is 4.74 Å². The zero-order valence-corrected chi connectivity index (χ0v) is 14.3. The fourth-order valence-electron chi connectivity index (χ4n) is 2.19. The zero-order chi connectivity index (χ0) is 17.0. The Morgan fingerprint density at radius 2 is 2.04 bits per heavy atom. The lowest BCUT2D eigenvalue weighted by Gasteiger charge is -2.16. The minimum absolute atomic E-state index is 0.144. The second kappa shape index (κ2) is 7.44. The average Bonchev–Trinajstić information content (AvgIpc) is 2.52. The molecule has 0 aliphatic heterocycles. The quantitative estimate of drug-likeness (QED) is 0.665. The average molecular weight is 335 g/mol. The summed E-state index contributed by atoms with van der Waals surface area (Å²) in [5.41, 5.74) is 3.66. The van der Waals surface area contributed by atoms with Gasteiger partial charge in [-0.15, -0.1) is 0 Å². The smallest absolute Gasteiger partial charge is 0.258 e. The molecule has 5 nitrogen and oxygen atoms in total. The Morgan fingerprint density at radius 1 is 1.30 bits per heavy atom. The van der Waals surface area contributed by atoms with Gasteiger partial charge in [-0.2, -0.15) is 0 Å². The standard InChI is InChI=1S/C17H19ClN2O3/c1-10-7-13(16(18)19-8-10)17(21)20-15-11(2)5-6-14(12(15)3)23-9-22-4/h5-8H,9H2,1-4H3,(H,20,21). The number of halogens is 1. The lowest BCUT2D eigenvalue weighted by molar-refractivity contribution is 0.0507. The molecule has 2 aromatic rings. The molecule has 2 rings (SSSR count). The Morgan fingerprint density at radius 3 is 2.74 bits per heavy atom. The number of ether oxygens (including phenoxy) is 2. The van der Waals surface area contributed by atoms with Crippen molar-refractivity contribution in [1.29, 1.82) is 0 Å². The van der Waals surface area contributed by atoms with Crippen molar-refractivity contribution in [2.45, 2.75) is 20.8 Å². The molecule has 0 radical (unpaired) electrons. The summed E-state index contributed by atoms with van der Waals surface area (Å²) >= 11 is 6.02. The van der Waals surface area contributed by atoms with E-state index in [0.717, 1.165) is 16.7 Å². The summed E-state index contributed by atoms with van der Waals surface area (Å²) in [5, 5.41) is 3.07. The van der Waals surface area contributed by atoms with Gasteiger partial charge in [-0.05, 0) is 44.0 Å². The van der Waals surface area contributed by atoms with Gasteiger partial charge < -0.3 is 14.8 Å². The number of nitrogens with zero attached hydrogens (tertiary/aromatic N) is 1. The highest BCUT2D eigenvalue weighted by Crippen LogP contribution is 2.30. The summed E-state index contributed by atoms with van der Waals surface area (Å²) in [7, 11) is 1.55. The minimum Gasteiger partial charge on any atom is -0.467 e. The van der Waals surface area contributed by atoms with Gasteiger partial charge in [0.2, 0.25) is 0 Å². The Bertz CT molecular complexity index is 732. The van der Waals surface area contributed by atoms with Crippen molar-refractivity contribution in [1.82, 2.24) is 4.98 Å². The van der Waals surface area contributed by atoms with Crippen LogP contribution in [0.1, 0.15) is 27.0 Å². The molecule has 0 fully saturated rings. The fourth-order valence-corrected chi connectivity index (χ4v) is 2.38. The van der Waals surface area contributed by atoms with E-state index in [2.05, 4.69) is 10.3 Å². The van der Waals surface area contributed by atoms with Gasteiger partial charge in [0, 0.05) is 18.9 Å². The molecular weight excluding hydrogens is 316 g/mol. The van der Waals surface area contributed by atoms with Gasteiger partial charge in [0.05, 0.1) is 11.3 Å². The summed E-state index contributed by atoms with van der Waals surface area (Å²) in [5.74, 6) is 0.350. The van der Waals surface area contributed by atoms with Crippen LogP contribution in [0, 0.1) is 20.8 Å². The molecule has 0 atom stereocenters. The Kier molecular flexibility index (Phi) is 5.58. The first-order valence-electron chi connectivity index (χ1n) is 7.09. The molecule has 0 saturated heterocycles. The van der Waals surface area contributed by atoms with Gasteiger partial charge in [0.1, 0.15) is 10.9 Å². The molecular formula is C17H19ClN2O3. The molecule has 1 heterocycles. The highest BCUT2D eigenvalue weighted by molar-refractivity contribution is 6.33. The van der Waals surface area contributed by atoms with Crippen molar-refractivity contribution in [3.8, 4) is 5.75 Å². The summed E-state index contributed by atoms with van der Waals surface area (Å²) in [6.45, 7) is 5.79. The van der Waals surface area contributed by atoms with Crippen molar-refractivity contribution in [3.05, 3.63) is 51.8 Å². The summed E-state index contributed by atoms with van der Waals surface area (Å²) in [6, 6.07) is 5.44. The molecule has 6 heteroatoms. The predicted octanol–water partition coefficient (Wildman–Crippen LogP) is 3.90. The molecule has 1 amide bonds. The first-order valence-corrected chi connectivity index (χ1v) is 7.47. The first kappa shape index (κ1) is 17.2. The van der Waals surface area contributed by atoms with E-state index >= 15 is 0 Å².